The Labute approximate surface area is 114 Å². The van der Waals surface area contributed by atoms with Gasteiger partial charge in [0.05, 0.1) is 0 Å². The van der Waals surface area contributed by atoms with E-state index in [0.29, 0.717) is 11.4 Å². The van der Waals surface area contributed by atoms with Crippen LogP contribution in [0.5, 0.6) is 0 Å². The van der Waals surface area contributed by atoms with Crippen molar-refractivity contribution in [2.75, 3.05) is 17.7 Å². The number of hydrogen-bond donors (Lipinski definition) is 1. The number of nitrogens with two attached hydrogens (primary N) is 1. The fourth-order valence-corrected chi connectivity index (χ4v) is 1.73. The quantitative estimate of drug-likeness (QED) is 0.860. The molecule has 1 aromatic heterocycles. The van der Waals surface area contributed by atoms with Crippen molar-refractivity contribution in [1.82, 2.24) is 9.97 Å². The minimum absolute atomic E-state index is 0.185. The first-order valence-electron chi connectivity index (χ1n) is 5.79. The average Bonchev–Trinajstić information content (AvgIpc) is 2.37. The summed E-state index contributed by atoms with van der Waals surface area (Å²) in [6.07, 6.45) is -3.71. The molecule has 0 amide bonds. The van der Waals surface area contributed by atoms with Gasteiger partial charge in [-0.25, -0.2) is 9.97 Å². The van der Waals surface area contributed by atoms with Crippen molar-refractivity contribution in [3.8, 4) is 0 Å². The number of aromatic nitrogens is 2. The van der Waals surface area contributed by atoms with Crippen LogP contribution in [0.4, 0.5) is 30.4 Å². The second-order valence-corrected chi connectivity index (χ2v) is 4.30. The van der Waals surface area contributed by atoms with E-state index in [1.807, 2.05) is 0 Å². The lowest BCUT2D eigenvalue weighted by atomic mass is 10.2. The number of alkyl halides is 3. The Balaban J connectivity index is 2.50. The van der Waals surface area contributed by atoms with Crippen molar-refractivity contribution in [3.63, 3.8) is 0 Å². The SMILES string of the molecule is Cc1ncc(C(F)(F)F)c(N(C)c2ccc(N)cc2)n1. The smallest absolute Gasteiger partial charge is 0.399 e. The van der Waals surface area contributed by atoms with Gasteiger partial charge in [-0.15, -0.1) is 0 Å². The maximum Gasteiger partial charge on any atom is 0.421 e. The van der Waals surface area contributed by atoms with Crippen LogP contribution in [0.3, 0.4) is 0 Å². The van der Waals surface area contributed by atoms with Gasteiger partial charge < -0.3 is 10.6 Å². The number of halogens is 3. The van der Waals surface area contributed by atoms with Crippen molar-refractivity contribution < 1.29 is 13.2 Å². The second-order valence-electron chi connectivity index (χ2n) is 4.30. The Kier molecular flexibility index (Phi) is 3.52. The highest BCUT2D eigenvalue weighted by atomic mass is 19.4. The van der Waals surface area contributed by atoms with E-state index in [0.717, 1.165) is 6.20 Å². The first kappa shape index (κ1) is 14.1. The van der Waals surface area contributed by atoms with Gasteiger partial charge in [-0.05, 0) is 31.2 Å². The van der Waals surface area contributed by atoms with Gasteiger partial charge in [0.15, 0.2) is 0 Å². The molecule has 0 atom stereocenters. The molecule has 20 heavy (non-hydrogen) atoms. The summed E-state index contributed by atoms with van der Waals surface area (Å²) in [6, 6.07) is 6.50. The van der Waals surface area contributed by atoms with Gasteiger partial charge in [0.25, 0.3) is 0 Å². The predicted molar refractivity (Wildman–Crippen MR) is 70.7 cm³/mol. The number of anilines is 3. The Bertz CT molecular complexity index is 608. The molecule has 0 radical (unpaired) electrons. The number of hydrogen-bond acceptors (Lipinski definition) is 4. The maximum atomic E-state index is 13.0. The lowest BCUT2D eigenvalue weighted by Crippen LogP contribution is -2.19. The van der Waals surface area contributed by atoms with Gasteiger partial charge in [-0.3, -0.25) is 0 Å². The molecule has 1 heterocycles. The van der Waals surface area contributed by atoms with E-state index >= 15 is 0 Å². The minimum Gasteiger partial charge on any atom is -0.399 e. The van der Waals surface area contributed by atoms with E-state index in [4.69, 9.17) is 5.73 Å². The number of nitrogen functional groups attached to an aromatic ring is 1. The summed E-state index contributed by atoms with van der Waals surface area (Å²) in [7, 11) is 1.52. The highest BCUT2D eigenvalue weighted by Gasteiger charge is 2.36. The van der Waals surface area contributed by atoms with Crippen LogP contribution in [-0.4, -0.2) is 17.0 Å². The van der Waals surface area contributed by atoms with E-state index in [1.165, 1.54) is 11.9 Å². The number of aryl methyl sites for hydroxylation is 1. The average molecular weight is 282 g/mol. The van der Waals surface area contributed by atoms with Crippen LogP contribution < -0.4 is 10.6 Å². The monoisotopic (exact) mass is 282 g/mol. The summed E-state index contributed by atoms with van der Waals surface area (Å²) in [5, 5.41) is 0. The zero-order valence-corrected chi connectivity index (χ0v) is 10.9. The van der Waals surface area contributed by atoms with Crippen LogP contribution >= 0.6 is 0 Å². The van der Waals surface area contributed by atoms with Crippen molar-refractivity contribution in [2.45, 2.75) is 13.1 Å². The van der Waals surface area contributed by atoms with Crippen molar-refractivity contribution in [3.05, 3.63) is 41.9 Å². The van der Waals surface area contributed by atoms with Gasteiger partial charge in [0.1, 0.15) is 17.2 Å². The molecule has 0 aliphatic heterocycles. The molecule has 1 aromatic carbocycles. The van der Waals surface area contributed by atoms with Crippen molar-refractivity contribution in [1.29, 1.82) is 0 Å². The van der Waals surface area contributed by atoms with Gasteiger partial charge in [-0.1, -0.05) is 0 Å². The van der Waals surface area contributed by atoms with Gasteiger partial charge in [0, 0.05) is 24.6 Å². The Morgan fingerprint density at radius 2 is 1.75 bits per heavy atom. The normalized spacial score (nSPS) is 11.4. The fourth-order valence-electron chi connectivity index (χ4n) is 1.73. The highest BCUT2D eigenvalue weighted by molar-refractivity contribution is 5.64. The lowest BCUT2D eigenvalue weighted by molar-refractivity contribution is -0.137. The molecular weight excluding hydrogens is 269 g/mol. The van der Waals surface area contributed by atoms with Gasteiger partial charge in [0.2, 0.25) is 0 Å². The molecule has 0 saturated carbocycles. The molecule has 2 aromatic rings. The molecule has 0 aliphatic carbocycles. The third kappa shape index (κ3) is 2.81. The minimum atomic E-state index is -4.51. The summed E-state index contributed by atoms with van der Waals surface area (Å²) in [5.41, 5.74) is 5.79. The third-order valence-corrected chi connectivity index (χ3v) is 2.79. The molecule has 4 nitrogen and oxygen atoms in total. The van der Waals surface area contributed by atoms with E-state index in [2.05, 4.69) is 9.97 Å². The summed E-state index contributed by atoms with van der Waals surface area (Å²) < 4.78 is 39.0. The first-order chi connectivity index (χ1) is 9.29. The largest absolute Gasteiger partial charge is 0.421 e. The zero-order valence-electron chi connectivity index (χ0n) is 10.9. The molecule has 0 bridgehead atoms. The van der Waals surface area contributed by atoms with E-state index in [1.54, 1.807) is 31.2 Å². The number of benzene rings is 1. The molecule has 0 aliphatic rings. The summed E-state index contributed by atoms with van der Waals surface area (Å²) >= 11 is 0. The van der Waals surface area contributed by atoms with Crippen LogP contribution in [-0.2, 0) is 6.18 Å². The van der Waals surface area contributed by atoms with Crippen molar-refractivity contribution >= 4 is 17.2 Å². The van der Waals surface area contributed by atoms with Crippen LogP contribution in [0.2, 0.25) is 0 Å². The van der Waals surface area contributed by atoms with Crippen LogP contribution in [0, 0.1) is 6.92 Å². The summed E-state index contributed by atoms with van der Waals surface area (Å²) in [6.45, 7) is 1.54. The van der Waals surface area contributed by atoms with Crippen LogP contribution in [0.1, 0.15) is 11.4 Å². The van der Waals surface area contributed by atoms with E-state index in [9.17, 15) is 13.2 Å². The fraction of sp³-hybridized carbons (Fsp3) is 0.231. The molecule has 0 unspecified atom stereocenters. The molecule has 0 spiro atoms. The maximum absolute atomic E-state index is 13.0. The second kappa shape index (κ2) is 4.99. The number of nitrogens with zero attached hydrogens (tertiary/aromatic N) is 3. The van der Waals surface area contributed by atoms with E-state index in [-0.39, 0.29) is 11.6 Å². The Morgan fingerprint density at radius 3 is 2.30 bits per heavy atom. The standard InChI is InChI=1S/C13H13F3N4/c1-8-18-7-11(13(14,15)16)12(19-8)20(2)10-5-3-9(17)4-6-10/h3-7H,17H2,1-2H3. The number of rotatable bonds is 2. The molecule has 0 fully saturated rings. The summed E-state index contributed by atoms with van der Waals surface area (Å²) in [4.78, 5) is 8.88. The molecule has 0 saturated heterocycles. The van der Waals surface area contributed by atoms with E-state index < -0.39 is 11.7 Å². The molecule has 7 heteroatoms. The van der Waals surface area contributed by atoms with Crippen LogP contribution in [0.25, 0.3) is 0 Å². The lowest BCUT2D eigenvalue weighted by Gasteiger charge is -2.22. The van der Waals surface area contributed by atoms with Gasteiger partial charge >= 0.3 is 6.18 Å². The van der Waals surface area contributed by atoms with Gasteiger partial charge in [-0.2, -0.15) is 13.2 Å². The third-order valence-electron chi connectivity index (χ3n) is 2.79. The molecule has 2 rings (SSSR count). The molecule has 2 N–H and O–H groups in total. The molecule has 106 valence electrons. The Morgan fingerprint density at radius 1 is 1.15 bits per heavy atom. The van der Waals surface area contributed by atoms with Crippen molar-refractivity contribution in [2.24, 2.45) is 0 Å². The predicted octanol–water partition coefficient (Wildman–Crippen LogP) is 3.15. The highest BCUT2D eigenvalue weighted by Crippen LogP contribution is 2.36. The Hall–Kier alpha value is -2.31. The first-order valence-corrected chi connectivity index (χ1v) is 5.79. The zero-order chi connectivity index (χ0) is 14.9. The van der Waals surface area contributed by atoms with Crippen LogP contribution in [0.15, 0.2) is 30.5 Å². The topological polar surface area (TPSA) is 55.0 Å². The molecular formula is C13H13F3N4. The summed E-state index contributed by atoms with van der Waals surface area (Å²) in [5.74, 6) is 0.0880.